The highest BCUT2D eigenvalue weighted by molar-refractivity contribution is 5.09. The second-order valence-corrected chi connectivity index (χ2v) is 6.21. The van der Waals surface area contributed by atoms with E-state index in [0.717, 1.165) is 31.0 Å². The summed E-state index contributed by atoms with van der Waals surface area (Å²) in [7, 11) is 2.17. The van der Waals surface area contributed by atoms with Gasteiger partial charge in [-0.15, -0.1) is 0 Å². The number of hydrogen-bond donors (Lipinski definition) is 1. The molecule has 1 atom stereocenters. The van der Waals surface area contributed by atoms with Crippen molar-refractivity contribution in [3.05, 3.63) is 29.6 Å². The molecule has 108 valence electrons. The molecule has 1 aromatic heterocycles. The van der Waals surface area contributed by atoms with Gasteiger partial charge in [-0.2, -0.15) is 0 Å². The lowest BCUT2D eigenvalue weighted by molar-refractivity contribution is 0.160. The van der Waals surface area contributed by atoms with Crippen LogP contribution in [0.5, 0.6) is 0 Å². The van der Waals surface area contributed by atoms with Gasteiger partial charge in [-0.1, -0.05) is 26.8 Å². The predicted octanol–water partition coefficient (Wildman–Crippen LogP) is 2.85. The predicted molar refractivity (Wildman–Crippen MR) is 82.2 cm³/mol. The smallest absolute Gasteiger partial charge is 0.0547 e. The molecule has 0 aliphatic rings. The number of rotatable bonds is 7. The Labute approximate surface area is 118 Å². The van der Waals surface area contributed by atoms with Crippen LogP contribution in [-0.2, 0) is 6.54 Å². The molecule has 1 aromatic rings. The largest absolute Gasteiger partial charge is 0.314 e. The Balaban J connectivity index is 2.57. The van der Waals surface area contributed by atoms with E-state index >= 15 is 0 Å². The van der Waals surface area contributed by atoms with Crippen molar-refractivity contribution in [1.82, 2.24) is 15.2 Å². The number of hydrogen-bond acceptors (Lipinski definition) is 3. The lowest BCUT2D eigenvalue weighted by Gasteiger charge is -2.36. The summed E-state index contributed by atoms with van der Waals surface area (Å²) in [5, 5.41) is 3.52. The summed E-state index contributed by atoms with van der Waals surface area (Å²) < 4.78 is 0. The van der Waals surface area contributed by atoms with Gasteiger partial charge in [-0.25, -0.2) is 0 Å². The third-order valence-corrected chi connectivity index (χ3v) is 3.74. The quantitative estimate of drug-likeness (QED) is 0.820. The SMILES string of the molecule is CCNC(C)C(C)(C)CN(C)Cc1cccc(C)n1. The summed E-state index contributed by atoms with van der Waals surface area (Å²) in [4.78, 5) is 6.92. The van der Waals surface area contributed by atoms with Gasteiger partial charge in [0.1, 0.15) is 0 Å². The van der Waals surface area contributed by atoms with Gasteiger partial charge in [0, 0.05) is 24.8 Å². The summed E-state index contributed by atoms with van der Waals surface area (Å²) >= 11 is 0. The highest BCUT2D eigenvalue weighted by atomic mass is 15.1. The van der Waals surface area contributed by atoms with E-state index in [1.807, 2.05) is 13.0 Å². The van der Waals surface area contributed by atoms with Crippen molar-refractivity contribution in [2.45, 2.75) is 47.2 Å². The van der Waals surface area contributed by atoms with Crippen molar-refractivity contribution in [3.63, 3.8) is 0 Å². The average Bonchev–Trinajstić information content (AvgIpc) is 2.28. The molecule has 1 unspecified atom stereocenters. The van der Waals surface area contributed by atoms with Crippen LogP contribution in [-0.4, -0.2) is 36.1 Å². The summed E-state index contributed by atoms with van der Waals surface area (Å²) in [6, 6.07) is 6.73. The van der Waals surface area contributed by atoms with Gasteiger partial charge >= 0.3 is 0 Å². The third kappa shape index (κ3) is 5.29. The van der Waals surface area contributed by atoms with Crippen molar-refractivity contribution in [3.8, 4) is 0 Å². The van der Waals surface area contributed by atoms with E-state index in [9.17, 15) is 0 Å². The van der Waals surface area contributed by atoms with E-state index in [1.165, 1.54) is 0 Å². The van der Waals surface area contributed by atoms with E-state index in [2.05, 4.69) is 62.1 Å². The van der Waals surface area contributed by atoms with Crippen LogP contribution in [0.25, 0.3) is 0 Å². The summed E-state index contributed by atoms with van der Waals surface area (Å²) in [6.45, 7) is 14.1. The molecule has 1 heterocycles. The first kappa shape index (κ1) is 16.1. The Hall–Kier alpha value is -0.930. The molecule has 0 bridgehead atoms. The molecule has 3 heteroatoms. The Kier molecular flexibility index (Phi) is 5.95. The maximum absolute atomic E-state index is 4.57. The second kappa shape index (κ2) is 7.01. The van der Waals surface area contributed by atoms with Crippen molar-refractivity contribution in [1.29, 1.82) is 0 Å². The second-order valence-electron chi connectivity index (χ2n) is 6.21. The number of nitrogens with one attached hydrogen (secondary N) is 1. The van der Waals surface area contributed by atoms with E-state index in [0.29, 0.717) is 6.04 Å². The van der Waals surface area contributed by atoms with Gasteiger partial charge in [-0.3, -0.25) is 9.88 Å². The Bertz CT molecular complexity index is 387. The molecule has 0 spiro atoms. The Morgan fingerprint density at radius 2 is 2.05 bits per heavy atom. The third-order valence-electron chi connectivity index (χ3n) is 3.74. The maximum Gasteiger partial charge on any atom is 0.0547 e. The van der Waals surface area contributed by atoms with E-state index in [1.54, 1.807) is 0 Å². The molecular formula is C16H29N3. The van der Waals surface area contributed by atoms with Crippen molar-refractivity contribution in [2.75, 3.05) is 20.1 Å². The van der Waals surface area contributed by atoms with Gasteiger partial charge in [0.15, 0.2) is 0 Å². The fourth-order valence-corrected chi connectivity index (χ4v) is 2.44. The van der Waals surface area contributed by atoms with Crippen molar-refractivity contribution >= 4 is 0 Å². The molecular weight excluding hydrogens is 234 g/mol. The molecule has 0 aliphatic heterocycles. The van der Waals surface area contributed by atoms with E-state index < -0.39 is 0 Å². The lowest BCUT2D eigenvalue weighted by atomic mass is 9.85. The summed E-state index contributed by atoms with van der Waals surface area (Å²) in [5.74, 6) is 0. The van der Waals surface area contributed by atoms with Crippen LogP contribution >= 0.6 is 0 Å². The molecule has 0 fully saturated rings. The first-order valence-corrected chi connectivity index (χ1v) is 7.19. The Morgan fingerprint density at radius 1 is 1.37 bits per heavy atom. The van der Waals surface area contributed by atoms with Crippen LogP contribution in [0.4, 0.5) is 0 Å². The molecule has 1 rings (SSSR count). The van der Waals surface area contributed by atoms with Crippen LogP contribution in [0.3, 0.4) is 0 Å². The van der Waals surface area contributed by atoms with Gasteiger partial charge < -0.3 is 5.32 Å². The topological polar surface area (TPSA) is 28.2 Å². The molecule has 0 saturated heterocycles. The monoisotopic (exact) mass is 263 g/mol. The Morgan fingerprint density at radius 3 is 2.63 bits per heavy atom. The fraction of sp³-hybridized carbons (Fsp3) is 0.688. The standard InChI is InChI=1S/C16H29N3/c1-7-17-14(3)16(4,5)12-19(6)11-15-10-8-9-13(2)18-15/h8-10,14,17H,7,11-12H2,1-6H3. The molecule has 0 saturated carbocycles. The minimum atomic E-state index is 0.245. The van der Waals surface area contributed by atoms with Gasteiger partial charge in [0.25, 0.3) is 0 Å². The zero-order chi connectivity index (χ0) is 14.5. The number of nitrogens with zero attached hydrogens (tertiary/aromatic N) is 2. The van der Waals surface area contributed by atoms with E-state index in [-0.39, 0.29) is 5.41 Å². The molecule has 0 radical (unpaired) electrons. The highest BCUT2D eigenvalue weighted by Gasteiger charge is 2.26. The molecule has 0 amide bonds. The normalized spacial score (nSPS) is 13.8. The first-order chi connectivity index (χ1) is 8.85. The number of aryl methyl sites for hydroxylation is 1. The summed E-state index contributed by atoms with van der Waals surface area (Å²) in [5.41, 5.74) is 2.48. The zero-order valence-corrected chi connectivity index (χ0v) is 13.3. The van der Waals surface area contributed by atoms with Gasteiger partial charge in [-0.05, 0) is 45.0 Å². The molecule has 0 aliphatic carbocycles. The lowest BCUT2D eigenvalue weighted by Crippen LogP contribution is -2.45. The average molecular weight is 263 g/mol. The van der Waals surface area contributed by atoms with Crippen LogP contribution in [0.15, 0.2) is 18.2 Å². The van der Waals surface area contributed by atoms with Crippen molar-refractivity contribution < 1.29 is 0 Å². The van der Waals surface area contributed by atoms with Crippen LogP contribution in [0.2, 0.25) is 0 Å². The molecule has 1 N–H and O–H groups in total. The molecule has 0 aromatic carbocycles. The van der Waals surface area contributed by atoms with Crippen LogP contribution in [0, 0.1) is 12.3 Å². The molecule has 3 nitrogen and oxygen atoms in total. The minimum absolute atomic E-state index is 0.245. The highest BCUT2D eigenvalue weighted by Crippen LogP contribution is 2.22. The van der Waals surface area contributed by atoms with Gasteiger partial charge in [0.2, 0.25) is 0 Å². The maximum atomic E-state index is 4.57. The fourth-order valence-electron chi connectivity index (χ4n) is 2.44. The minimum Gasteiger partial charge on any atom is -0.314 e. The zero-order valence-electron chi connectivity index (χ0n) is 13.3. The van der Waals surface area contributed by atoms with Gasteiger partial charge in [0.05, 0.1) is 5.69 Å². The summed E-state index contributed by atoms with van der Waals surface area (Å²) in [6.07, 6.45) is 0. The van der Waals surface area contributed by atoms with Crippen LogP contribution < -0.4 is 5.32 Å². The number of aromatic nitrogens is 1. The van der Waals surface area contributed by atoms with E-state index in [4.69, 9.17) is 0 Å². The first-order valence-electron chi connectivity index (χ1n) is 7.19. The number of pyridine rings is 1. The molecule has 19 heavy (non-hydrogen) atoms. The van der Waals surface area contributed by atoms with Crippen molar-refractivity contribution in [2.24, 2.45) is 5.41 Å². The van der Waals surface area contributed by atoms with Crippen LogP contribution in [0.1, 0.15) is 39.1 Å².